The second-order valence-corrected chi connectivity index (χ2v) is 6.20. The van der Waals surface area contributed by atoms with Gasteiger partial charge in [0.1, 0.15) is 0 Å². The molecule has 0 saturated carbocycles. The van der Waals surface area contributed by atoms with Crippen molar-refractivity contribution in [1.29, 1.82) is 0 Å². The smallest absolute Gasteiger partial charge is 0.153 e. The van der Waals surface area contributed by atoms with Crippen LogP contribution < -0.4 is 5.73 Å². The Morgan fingerprint density at radius 2 is 1.60 bits per heavy atom. The van der Waals surface area contributed by atoms with Crippen LogP contribution >= 0.6 is 0 Å². The minimum absolute atomic E-state index is 0.181. The number of nitrogens with zero attached hydrogens (tertiary/aromatic N) is 1. The zero-order chi connectivity index (χ0) is 14.3. The van der Waals surface area contributed by atoms with E-state index >= 15 is 0 Å². The number of fused-ring (bicyclic) bond motifs is 1. The van der Waals surface area contributed by atoms with Crippen LogP contribution in [0.2, 0.25) is 0 Å². The molecule has 3 heteroatoms. The fourth-order valence-electron chi connectivity index (χ4n) is 2.38. The van der Waals surface area contributed by atoms with Gasteiger partial charge in [-0.2, -0.15) is 5.10 Å². The van der Waals surface area contributed by atoms with Crippen LogP contribution in [0.1, 0.15) is 26.3 Å². The Kier molecular flexibility index (Phi) is 2.78. The summed E-state index contributed by atoms with van der Waals surface area (Å²) in [5.41, 5.74) is 10.7. The lowest BCUT2D eigenvalue weighted by molar-refractivity contribution is 0.590. The molecule has 102 valence electrons. The van der Waals surface area contributed by atoms with Gasteiger partial charge in [-0.1, -0.05) is 51.1 Å². The normalized spacial score (nSPS) is 11.9. The van der Waals surface area contributed by atoms with E-state index in [4.69, 9.17) is 5.73 Å². The minimum Gasteiger partial charge on any atom is -0.382 e. The summed E-state index contributed by atoms with van der Waals surface area (Å²) in [6, 6.07) is 14.9. The van der Waals surface area contributed by atoms with Crippen molar-refractivity contribution in [2.24, 2.45) is 0 Å². The highest BCUT2D eigenvalue weighted by molar-refractivity contribution is 5.91. The summed E-state index contributed by atoms with van der Waals surface area (Å²) in [7, 11) is 0. The molecule has 2 aromatic carbocycles. The maximum absolute atomic E-state index is 5.79. The summed E-state index contributed by atoms with van der Waals surface area (Å²) >= 11 is 0. The number of H-pyrrole nitrogens is 1. The molecule has 0 aliphatic heterocycles. The maximum atomic E-state index is 5.79. The molecule has 0 radical (unpaired) electrons. The first-order chi connectivity index (χ1) is 9.45. The van der Waals surface area contributed by atoms with E-state index in [0.29, 0.717) is 5.82 Å². The lowest BCUT2D eigenvalue weighted by atomic mass is 9.86. The van der Waals surface area contributed by atoms with Gasteiger partial charge in [0.25, 0.3) is 0 Å². The first-order valence-electron chi connectivity index (χ1n) is 6.80. The van der Waals surface area contributed by atoms with Crippen LogP contribution in [0.15, 0.2) is 42.5 Å². The third-order valence-corrected chi connectivity index (χ3v) is 3.68. The number of hydrogen-bond donors (Lipinski definition) is 2. The summed E-state index contributed by atoms with van der Waals surface area (Å²) in [4.78, 5) is 0. The predicted molar refractivity (Wildman–Crippen MR) is 84.6 cm³/mol. The average Bonchev–Trinajstić information content (AvgIpc) is 2.79. The van der Waals surface area contributed by atoms with Crippen LogP contribution in [0.25, 0.3) is 22.0 Å². The number of rotatable bonds is 1. The molecule has 0 atom stereocenters. The molecular weight excluding hydrogens is 246 g/mol. The van der Waals surface area contributed by atoms with Crippen molar-refractivity contribution < 1.29 is 0 Å². The lowest BCUT2D eigenvalue weighted by Gasteiger charge is -2.19. The van der Waals surface area contributed by atoms with Gasteiger partial charge in [-0.05, 0) is 34.2 Å². The van der Waals surface area contributed by atoms with Crippen LogP contribution in [0, 0.1) is 0 Å². The Labute approximate surface area is 118 Å². The van der Waals surface area contributed by atoms with E-state index in [9.17, 15) is 0 Å². The van der Waals surface area contributed by atoms with Gasteiger partial charge in [0, 0.05) is 5.39 Å². The monoisotopic (exact) mass is 265 g/mol. The van der Waals surface area contributed by atoms with Gasteiger partial charge < -0.3 is 5.73 Å². The molecule has 3 N–H and O–H groups in total. The van der Waals surface area contributed by atoms with E-state index in [2.05, 4.69) is 67.4 Å². The fraction of sp³-hybridized carbons (Fsp3) is 0.235. The Morgan fingerprint density at radius 3 is 2.25 bits per heavy atom. The van der Waals surface area contributed by atoms with Gasteiger partial charge in [0.2, 0.25) is 0 Å². The molecule has 0 aliphatic carbocycles. The van der Waals surface area contributed by atoms with Gasteiger partial charge in [-0.3, -0.25) is 5.10 Å². The number of hydrogen-bond acceptors (Lipinski definition) is 2. The first kappa shape index (κ1) is 12.7. The summed E-state index contributed by atoms with van der Waals surface area (Å²) in [5, 5.41) is 7.96. The van der Waals surface area contributed by atoms with Crippen LogP contribution in [0.5, 0.6) is 0 Å². The van der Waals surface area contributed by atoms with Gasteiger partial charge >= 0.3 is 0 Å². The summed E-state index contributed by atoms with van der Waals surface area (Å²) in [5.74, 6) is 0.551. The zero-order valence-corrected chi connectivity index (χ0v) is 12.1. The van der Waals surface area contributed by atoms with Crippen LogP contribution in [0.4, 0.5) is 5.82 Å². The number of benzene rings is 2. The van der Waals surface area contributed by atoms with E-state index in [-0.39, 0.29) is 5.41 Å². The van der Waals surface area contributed by atoms with Gasteiger partial charge in [-0.25, -0.2) is 0 Å². The van der Waals surface area contributed by atoms with Crippen molar-refractivity contribution in [2.45, 2.75) is 26.2 Å². The van der Waals surface area contributed by atoms with Crippen molar-refractivity contribution in [3.05, 3.63) is 48.0 Å². The van der Waals surface area contributed by atoms with Crippen molar-refractivity contribution in [3.8, 4) is 11.1 Å². The van der Waals surface area contributed by atoms with E-state index in [1.165, 1.54) is 16.7 Å². The van der Waals surface area contributed by atoms with Crippen molar-refractivity contribution in [1.82, 2.24) is 10.2 Å². The van der Waals surface area contributed by atoms with Crippen LogP contribution in [0.3, 0.4) is 0 Å². The van der Waals surface area contributed by atoms with E-state index in [0.717, 1.165) is 10.9 Å². The molecule has 0 aliphatic rings. The van der Waals surface area contributed by atoms with E-state index in [1.807, 2.05) is 6.07 Å². The molecule has 20 heavy (non-hydrogen) atoms. The quantitative estimate of drug-likeness (QED) is 0.695. The van der Waals surface area contributed by atoms with Crippen LogP contribution in [-0.2, 0) is 5.41 Å². The van der Waals surface area contributed by atoms with Crippen LogP contribution in [-0.4, -0.2) is 10.2 Å². The van der Waals surface area contributed by atoms with Gasteiger partial charge in [-0.15, -0.1) is 0 Å². The Balaban J connectivity index is 2.02. The van der Waals surface area contributed by atoms with Crippen molar-refractivity contribution in [2.75, 3.05) is 5.73 Å². The Bertz CT molecular complexity index is 746. The maximum Gasteiger partial charge on any atom is 0.153 e. The summed E-state index contributed by atoms with van der Waals surface area (Å²) < 4.78 is 0. The fourth-order valence-corrected chi connectivity index (χ4v) is 2.38. The number of anilines is 1. The number of aromatic amines is 1. The Hall–Kier alpha value is -2.29. The second-order valence-electron chi connectivity index (χ2n) is 6.20. The van der Waals surface area contributed by atoms with E-state index < -0.39 is 0 Å². The van der Waals surface area contributed by atoms with Crippen molar-refractivity contribution in [3.63, 3.8) is 0 Å². The lowest BCUT2D eigenvalue weighted by Crippen LogP contribution is -2.10. The highest BCUT2D eigenvalue weighted by Crippen LogP contribution is 2.28. The SMILES string of the molecule is CC(C)(C)c1ccc(-c2ccc3c(N)n[nH]c3c2)cc1. The minimum atomic E-state index is 0.181. The molecule has 0 bridgehead atoms. The summed E-state index contributed by atoms with van der Waals surface area (Å²) in [6.07, 6.45) is 0. The molecule has 0 fully saturated rings. The molecule has 3 aromatic rings. The number of nitrogen functional groups attached to an aromatic ring is 1. The van der Waals surface area contributed by atoms with E-state index in [1.54, 1.807) is 0 Å². The molecule has 0 unspecified atom stereocenters. The third kappa shape index (κ3) is 2.16. The van der Waals surface area contributed by atoms with Crippen molar-refractivity contribution >= 4 is 16.7 Å². The summed E-state index contributed by atoms with van der Waals surface area (Å²) in [6.45, 7) is 6.67. The number of aromatic nitrogens is 2. The Morgan fingerprint density at radius 1 is 0.950 bits per heavy atom. The second kappa shape index (κ2) is 4.37. The molecule has 1 aromatic heterocycles. The molecular formula is C17H19N3. The highest BCUT2D eigenvalue weighted by atomic mass is 15.1. The standard InChI is InChI=1S/C17H19N3/c1-17(2,3)13-7-4-11(5-8-13)12-6-9-14-15(10-12)19-20-16(14)18/h4-10H,1-3H3,(H3,18,19,20). The average molecular weight is 265 g/mol. The zero-order valence-electron chi connectivity index (χ0n) is 12.1. The van der Waals surface area contributed by atoms with Gasteiger partial charge in [0.05, 0.1) is 5.52 Å². The molecule has 1 heterocycles. The third-order valence-electron chi connectivity index (χ3n) is 3.68. The molecule has 0 spiro atoms. The number of nitrogens with one attached hydrogen (secondary N) is 1. The molecule has 3 rings (SSSR count). The predicted octanol–water partition coefficient (Wildman–Crippen LogP) is 4.11. The number of nitrogens with two attached hydrogens (primary N) is 1. The molecule has 3 nitrogen and oxygen atoms in total. The highest BCUT2D eigenvalue weighted by Gasteiger charge is 2.13. The molecule has 0 amide bonds. The first-order valence-corrected chi connectivity index (χ1v) is 6.80. The molecule has 0 saturated heterocycles. The largest absolute Gasteiger partial charge is 0.382 e. The van der Waals surface area contributed by atoms with Gasteiger partial charge in [0.15, 0.2) is 5.82 Å². The topological polar surface area (TPSA) is 54.7 Å².